The molecule has 2 heterocycles. The summed E-state index contributed by atoms with van der Waals surface area (Å²) in [5, 5.41) is 4.55. The number of hydrogen-bond acceptors (Lipinski definition) is 5. The molecule has 0 aliphatic heterocycles. The zero-order valence-corrected chi connectivity index (χ0v) is 18.7. The number of ketones is 2. The number of nitrogens with one attached hydrogen (secondary N) is 1. The summed E-state index contributed by atoms with van der Waals surface area (Å²) >= 11 is 6.37. The molecule has 0 radical (unpaired) electrons. The first-order valence-corrected chi connectivity index (χ1v) is 10.1. The van der Waals surface area contributed by atoms with Crippen LogP contribution in [-0.4, -0.2) is 38.9 Å². The average molecular weight is 458 g/mol. The van der Waals surface area contributed by atoms with E-state index in [9.17, 15) is 18.8 Å². The highest BCUT2D eigenvalue weighted by atomic mass is 35.5. The Balaban J connectivity index is 1.69. The largest absolute Gasteiger partial charge is 0.454 e. The lowest BCUT2D eigenvalue weighted by Gasteiger charge is -2.03. The maximum atomic E-state index is 13.1. The van der Waals surface area contributed by atoms with Gasteiger partial charge in [-0.05, 0) is 63.6 Å². The molecule has 0 fully saturated rings. The van der Waals surface area contributed by atoms with Crippen molar-refractivity contribution in [1.82, 2.24) is 14.8 Å². The molecule has 0 aliphatic carbocycles. The van der Waals surface area contributed by atoms with Gasteiger partial charge in [-0.3, -0.25) is 9.59 Å². The first kappa shape index (κ1) is 23.1. The third-order valence-electron chi connectivity index (χ3n) is 4.92. The van der Waals surface area contributed by atoms with Crippen LogP contribution >= 0.6 is 11.6 Å². The number of rotatable bonds is 7. The molecule has 32 heavy (non-hydrogen) atoms. The lowest BCUT2D eigenvalue weighted by Crippen LogP contribution is -2.14. The van der Waals surface area contributed by atoms with Gasteiger partial charge < -0.3 is 9.72 Å². The van der Waals surface area contributed by atoms with Gasteiger partial charge in [-0.1, -0.05) is 11.6 Å². The van der Waals surface area contributed by atoms with E-state index in [1.165, 1.54) is 41.9 Å². The number of esters is 1. The number of H-pyrrole nitrogens is 1. The predicted octanol–water partition coefficient (Wildman–Crippen LogP) is 4.56. The fraction of sp³-hybridized carbons (Fsp3) is 0.217. The van der Waals surface area contributed by atoms with Gasteiger partial charge in [0.05, 0.1) is 17.1 Å². The van der Waals surface area contributed by atoms with Crippen molar-refractivity contribution in [3.05, 3.63) is 75.1 Å². The Hall–Kier alpha value is -3.52. The SMILES string of the molecule is CC(=O)c1c(C)[nH]c(C(=O)COC(=O)/C=C/c2c(C)nn(-c3ccc(F)cc3)c2Cl)c1C. The highest BCUT2D eigenvalue weighted by Gasteiger charge is 2.20. The molecular formula is C23H21ClFN3O4. The molecule has 0 saturated carbocycles. The van der Waals surface area contributed by atoms with Crippen LogP contribution < -0.4 is 0 Å². The van der Waals surface area contributed by atoms with Crippen LogP contribution in [0, 0.1) is 26.6 Å². The van der Waals surface area contributed by atoms with Crippen LogP contribution in [0.2, 0.25) is 5.15 Å². The van der Waals surface area contributed by atoms with Crippen molar-refractivity contribution < 1.29 is 23.5 Å². The monoisotopic (exact) mass is 457 g/mol. The molecule has 7 nitrogen and oxygen atoms in total. The number of benzene rings is 1. The Morgan fingerprint density at radius 1 is 1.19 bits per heavy atom. The summed E-state index contributed by atoms with van der Waals surface area (Å²) in [6, 6.07) is 5.64. The molecule has 1 aromatic carbocycles. The van der Waals surface area contributed by atoms with E-state index in [-0.39, 0.29) is 22.4 Å². The van der Waals surface area contributed by atoms with Crippen LogP contribution in [0.5, 0.6) is 0 Å². The fourth-order valence-electron chi connectivity index (χ4n) is 3.42. The smallest absolute Gasteiger partial charge is 0.331 e. The van der Waals surface area contributed by atoms with E-state index in [0.29, 0.717) is 33.8 Å². The number of ether oxygens (including phenoxy) is 1. The van der Waals surface area contributed by atoms with Gasteiger partial charge in [0, 0.05) is 22.9 Å². The van der Waals surface area contributed by atoms with Crippen molar-refractivity contribution in [2.45, 2.75) is 27.7 Å². The maximum absolute atomic E-state index is 13.1. The molecule has 1 N–H and O–H groups in total. The fourth-order valence-corrected chi connectivity index (χ4v) is 3.75. The van der Waals surface area contributed by atoms with Crippen molar-refractivity contribution in [2.24, 2.45) is 0 Å². The van der Waals surface area contributed by atoms with Crippen LogP contribution in [0.4, 0.5) is 4.39 Å². The normalized spacial score (nSPS) is 11.2. The molecule has 0 unspecified atom stereocenters. The van der Waals surface area contributed by atoms with Crippen molar-refractivity contribution >= 4 is 35.2 Å². The highest BCUT2D eigenvalue weighted by Crippen LogP contribution is 2.25. The summed E-state index contributed by atoms with van der Waals surface area (Å²) in [4.78, 5) is 39.1. The second kappa shape index (κ2) is 9.32. The van der Waals surface area contributed by atoms with E-state index >= 15 is 0 Å². The minimum Gasteiger partial charge on any atom is -0.454 e. The van der Waals surface area contributed by atoms with E-state index in [4.69, 9.17) is 16.3 Å². The molecule has 0 amide bonds. The maximum Gasteiger partial charge on any atom is 0.331 e. The summed E-state index contributed by atoms with van der Waals surface area (Å²) in [6.45, 7) is 6.02. The molecule has 3 aromatic rings. The first-order valence-electron chi connectivity index (χ1n) is 9.69. The number of carbonyl (C=O) groups excluding carboxylic acids is 3. The van der Waals surface area contributed by atoms with Gasteiger partial charge in [-0.2, -0.15) is 5.10 Å². The second-order valence-corrected chi connectivity index (χ2v) is 7.58. The summed E-state index contributed by atoms with van der Waals surface area (Å²) in [7, 11) is 0. The van der Waals surface area contributed by atoms with Crippen LogP contribution in [0.1, 0.15) is 50.3 Å². The van der Waals surface area contributed by atoms with Crippen LogP contribution in [0.15, 0.2) is 30.3 Å². The average Bonchev–Trinajstić information content (AvgIpc) is 3.20. The molecule has 0 atom stereocenters. The van der Waals surface area contributed by atoms with Crippen molar-refractivity contribution in [3.63, 3.8) is 0 Å². The molecule has 2 aromatic heterocycles. The third-order valence-corrected chi connectivity index (χ3v) is 5.28. The Morgan fingerprint density at radius 3 is 2.44 bits per heavy atom. The minimum absolute atomic E-state index is 0.149. The summed E-state index contributed by atoms with van der Waals surface area (Å²) in [6.07, 6.45) is 2.58. The predicted molar refractivity (Wildman–Crippen MR) is 118 cm³/mol. The number of nitrogens with zero attached hydrogens (tertiary/aromatic N) is 2. The Morgan fingerprint density at radius 2 is 1.84 bits per heavy atom. The number of halogens is 2. The zero-order valence-electron chi connectivity index (χ0n) is 18.0. The van der Waals surface area contributed by atoms with Crippen molar-refractivity contribution in [1.29, 1.82) is 0 Å². The molecule has 0 aliphatic rings. The Bertz CT molecular complexity index is 1240. The summed E-state index contributed by atoms with van der Waals surface area (Å²) in [5.41, 5.74) is 3.42. The van der Waals surface area contributed by atoms with Gasteiger partial charge in [-0.15, -0.1) is 0 Å². The van der Waals surface area contributed by atoms with E-state index in [1.54, 1.807) is 20.8 Å². The van der Waals surface area contributed by atoms with Crippen molar-refractivity contribution in [2.75, 3.05) is 6.61 Å². The second-order valence-electron chi connectivity index (χ2n) is 7.22. The van der Waals surface area contributed by atoms with E-state index in [0.717, 1.165) is 6.08 Å². The van der Waals surface area contributed by atoms with Gasteiger partial charge in [0.15, 0.2) is 12.4 Å². The zero-order chi connectivity index (χ0) is 23.6. The number of Topliss-reactive ketones (excluding diaryl/α,β-unsaturated/α-hetero) is 2. The topological polar surface area (TPSA) is 94.0 Å². The lowest BCUT2D eigenvalue weighted by molar-refractivity contribution is -0.136. The van der Waals surface area contributed by atoms with Gasteiger partial charge >= 0.3 is 5.97 Å². The van der Waals surface area contributed by atoms with Crippen LogP contribution in [-0.2, 0) is 9.53 Å². The van der Waals surface area contributed by atoms with Crippen LogP contribution in [0.3, 0.4) is 0 Å². The van der Waals surface area contributed by atoms with Crippen LogP contribution in [0.25, 0.3) is 11.8 Å². The lowest BCUT2D eigenvalue weighted by atomic mass is 10.1. The Kier molecular flexibility index (Phi) is 6.74. The first-order chi connectivity index (χ1) is 15.1. The standard InChI is InChI=1S/C23H21ClFN3O4/c1-12-21(15(4)29)14(3)26-22(12)19(30)11-32-20(31)10-9-18-13(2)27-28(23(18)24)17-7-5-16(25)6-8-17/h5-10,26H,11H2,1-4H3/b10-9+. The van der Waals surface area contributed by atoms with E-state index in [2.05, 4.69) is 10.1 Å². The van der Waals surface area contributed by atoms with E-state index in [1.807, 2.05) is 0 Å². The molecular weight excluding hydrogens is 437 g/mol. The number of aromatic nitrogens is 3. The molecule has 166 valence electrons. The molecule has 0 spiro atoms. The number of aryl methyl sites for hydroxylation is 2. The molecule has 3 rings (SSSR count). The molecule has 0 bridgehead atoms. The van der Waals surface area contributed by atoms with E-state index < -0.39 is 18.4 Å². The Labute approximate surface area is 188 Å². The number of carbonyl (C=O) groups is 3. The number of aromatic amines is 1. The van der Waals surface area contributed by atoms with Gasteiger partial charge in [-0.25, -0.2) is 13.9 Å². The summed E-state index contributed by atoms with van der Waals surface area (Å²) < 4.78 is 19.6. The number of hydrogen-bond donors (Lipinski definition) is 1. The third kappa shape index (κ3) is 4.70. The van der Waals surface area contributed by atoms with Gasteiger partial charge in [0.25, 0.3) is 0 Å². The van der Waals surface area contributed by atoms with Gasteiger partial charge in [0.1, 0.15) is 11.0 Å². The summed E-state index contributed by atoms with van der Waals surface area (Å²) in [5.74, 6) is -1.72. The van der Waals surface area contributed by atoms with Crippen molar-refractivity contribution in [3.8, 4) is 5.69 Å². The van der Waals surface area contributed by atoms with Gasteiger partial charge in [0.2, 0.25) is 5.78 Å². The molecule has 0 saturated heterocycles. The highest BCUT2D eigenvalue weighted by molar-refractivity contribution is 6.31. The quantitative estimate of drug-likeness (QED) is 0.319. The minimum atomic E-state index is -0.740. The molecule has 9 heteroatoms.